The zero-order valence-corrected chi connectivity index (χ0v) is 12.0. The molecule has 110 valence electrons. The van der Waals surface area contributed by atoms with Crippen LogP contribution < -0.4 is 10.1 Å². The third-order valence-corrected chi connectivity index (χ3v) is 3.91. The van der Waals surface area contributed by atoms with E-state index in [2.05, 4.69) is 5.32 Å². The Kier molecular flexibility index (Phi) is 5.27. The number of rotatable bonds is 4. The van der Waals surface area contributed by atoms with Crippen molar-refractivity contribution in [2.24, 2.45) is 0 Å². The average molecular weight is 277 g/mol. The number of carbonyl (C=O) groups is 1. The molecule has 1 saturated carbocycles. The standard InChI is InChI=1S/C16H23NO3/c1-20-15-10-9-12(16(18)19)11-14(15)17-13-7-5-3-2-4-6-8-13/h9-11,13,17H,2-8H2,1H3,(H,18,19). The first-order chi connectivity index (χ1) is 9.70. The summed E-state index contributed by atoms with van der Waals surface area (Å²) in [6.45, 7) is 0. The van der Waals surface area contributed by atoms with Crippen LogP contribution in [0.15, 0.2) is 18.2 Å². The van der Waals surface area contributed by atoms with Crippen molar-refractivity contribution < 1.29 is 14.6 Å². The Labute approximate surface area is 120 Å². The minimum absolute atomic E-state index is 0.291. The van der Waals surface area contributed by atoms with Crippen LogP contribution in [0.3, 0.4) is 0 Å². The van der Waals surface area contributed by atoms with Gasteiger partial charge in [-0.05, 0) is 31.0 Å². The summed E-state index contributed by atoms with van der Waals surface area (Å²) in [5, 5.41) is 12.6. The van der Waals surface area contributed by atoms with Gasteiger partial charge in [-0.3, -0.25) is 0 Å². The summed E-state index contributed by atoms with van der Waals surface area (Å²) >= 11 is 0. The van der Waals surface area contributed by atoms with Gasteiger partial charge in [0.15, 0.2) is 0 Å². The molecular formula is C16H23NO3. The lowest BCUT2D eigenvalue weighted by Crippen LogP contribution is -2.21. The summed E-state index contributed by atoms with van der Waals surface area (Å²) in [6.07, 6.45) is 8.68. The summed E-state index contributed by atoms with van der Waals surface area (Å²) in [5.74, 6) is -0.203. The molecule has 20 heavy (non-hydrogen) atoms. The summed E-state index contributed by atoms with van der Waals surface area (Å²) in [7, 11) is 1.61. The van der Waals surface area contributed by atoms with Crippen LogP contribution in [-0.2, 0) is 0 Å². The van der Waals surface area contributed by atoms with Gasteiger partial charge in [0, 0.05) is 6.04 Å². The van der Waals surface area contributed by atoms with Crippen LogP contribution in [0.1, 0.15) is 55.3 Å². The second-order valence-corrected chi connectivity index (χ2v) is 5.41. The Balaban J connectivity index is 2.12. The second-order valence-electron chi connectivity index (χ2n) is 5.41. The lowest BCUT2D eigenvalue weighted by Gasteiger charge is -2.23. The molecule has 0 radical (unpaired) electrons. The highest BCUT2D eigenvalue weighted by atomic mass is 16.5. The fourth-order valence-electron chi connectivity index (χ4n) is 2.77. The van der Waals surface area contributed by atoms with Gasteiger partial charge in [0.25, 0.3) is 0 Å². The Hall–Kier alpha value is -1.71. The van der Waals surface area contributed by atoms with Crippen LogP contribution in [0.2, 0.25) is 0 Å². The number of nitrogens with one attached hydrogen (secondary N) is 1. The van der Waals surface area contributed by atoms with Gasteiger partial charge in [-0.25, -0.2) is 4.79 Å². The fourth-order valence-corrected chi connectivity index (χ4v) is 2.77. The van der Waals surface area contributed by atoms with E-state index in [9.17, 15) is 4.79 Å². The number of hydrogen-bond donors (Lipinski definition) is 2. The normalized spacial score (nSPS) is 17.1. The molecule has 1 fully saturated rings. The quantitative estimate of drug-likeness (QED) is 0.875. The molecule has 0 unspecified atom stereocenters. The highest BCUT2D eigenvalue weighted by molar-refractivity contribution is 5.89. The summed E-state index contributed by atoms with van der Waals surface area (Å²) in [5.41, 5.74) is 1.08. The molecule has 0 aliphatic heterocycles. The van der Waals surface area contributed by atoms with Gasteiger partial charge in [0.05, 0.1) is 18.4 Å². The fraction of sp³-hybridized carbons (Fsp3) is 0.562. The zero-order chi connectivity index (χ0) is 14.4. The lowest BCUT2D eigenvalue weighted by molar-refractivity contribution is 0.0697. The molecule has 4 heteroatoms. The van der Waals surface area contributed by atoms with Gasteiger partial charge in [0.1, 0.15) is 5.75 Å². The average Bonchev–Trinajstić information content (AvgIpc) is 2.41. The maximum absolute atomic E-state index is 11.1. The summed E-state index contributed by atoms with van der Waals surface area (Å²) < 4.78 is 5.32. The van der Waals surface area contributed by atoms with Gasteiger partial charge >= 0.3 is 5.97 Å². The van der Waals surface area contributed by atoms with Crippen LogP contribution in [0.4, 0.5) is 5.69 Å². The van der Waals surface area contributed by atoms with E-state index in [1.807, 2.05) is 0 Å². The number of ether oxygens (including phenoxy) is 1. The number of carboxylic acid groups (broad SMARTS) is 1. The van der Waals surface area contributed by atoms with Gasteiger partial charge in [-0.1, -0.05) is 32.1 Å². The predicted molar refractivity (Wildman–Crippen MR) is 79.7 cm³/mol. The Morgan fingerprint density at radius 1 is 1.20 bits per heavy atom. The molecule has 2 N–H and O–H groups in total. The van der Waals surface area contributed by atoms with Gasteiger partial charge in [-0.15, -0.1) is 0 Å². The predicted octanol–water partition coefficient (Wildman–Crippen LogP) is 3.92. The minimum Gasteiger partial charge on any atom is -0.495 e. The van der Waals surface area contributed by atoms with Crippen molar-refractivity contribution in [3.05, 3.63) is 23.8 Å². The number of anilines is 1. The molecule has 0 heterocycles. The minimum atomic E-state index is -0.909. The second kappa shape index (κ2) is 7.17. The van der Waals surface area contributed by atoms with E-state index in [1.165, 1.54) is 32.1 Å². The van der Waals surface area contributed by atoms with E-state index in [0.29, 0.717) is 17.4 Å². The van der Waals surface area contributed by atoms with Crippen molar-refractivity contribution in [2.75, 3.05) is 12.4 Å². The van der Waals surface area contributed by atoms with Gasteiger partial charge < -0.3 is 15.2 Å². The van der Waals surface area contributed by atoms with E-state index in [4.69, 9.17) is 9.84 Å². The molecule has 1 aliphatic rings. The van der Waals surface area contributed by atoms with Crippen molar-refractivity contribution in [3.63, 3.8) is 0 Å². The van der Waals surface area contributed by atoms with Crippen LogP contribution in [-0.4, -0.2) is 24.2 Å². The van der Waals surface area contributed by atoms with Crippen LogP contribution in [0.25, 0.3) is 0 Å². The number of benzene rings is 1. The summed E-state index contributed by atoms with van der Waals surface area (Å²) in [4.78, 5) is 11.1. The molecule has 1 aromatic carbocycles. The lowest BCUT2D eigenvalue weighted by atomic mass is 9.96. The third-order valence-electron chi connectivity index (χ3n) is 3.91. The molecule has 0 amide bonds. The topological polar surface area (TPSA) is 58.6 Å². The molecule has 1 aliphatic carbocycles. The van der Waals surface area contributed by atoms with Gasteiger partial charge in [-0.2, -0.15) is 0 Å². The number of hydrogen-bond acceptors (Lipinski definition) is 3. The molecule has 1 aromatic rings. The van der Waals surface area contributed by atoms with Crippen molar-refractivity contribution in [1.29, 1.82) is 0 Å². The molecule has 2 rings (SSSR count). The monoisotopic (exact) mass is 277 g/mol. The largest absolute Gasteiger partial charge is 0.495 e. The first-order valence-corrected chi connectivity index (χ1v) is 7.38. The first kappa shape index (κ1) is 14.7. The Bertz CT molecular complexity index is 451. The SMILES string of the molecule is COc1ccc(C(=O)O)cc1NC1CCCCCCC1. The van der Waals surface area contributed by atoms with Crippen LogP contribution >= 0.6 is 0 Å². The zero-order valence-electron chi connectivity index (χ0n) is 12.0. The number of carboxylic acids is 1. The van der Waals surface area contributed by atoms with E-state index in [0.717, 1.165) is 18.5 Å². The third kappa shape index (κ3) is 3.89. The van der Waals surface area contributed by atoms with Crippen molar-refractivity contribution in [2.45, 2.75) is 51.0 Å². The van der Waals surface area contributed by atoms with E-state index in [-0.39, 0.29) is 0 Å². The highest BCUT2D eigenvalue weighted by Gasteiger charge is 2.15. The molecule has 0 aromatic heterocycles. The van der Waals surface area contributed by atoms with E-state index >= 15 is 0 Å². The number of methoxy groups -OCH3 is 1. The van der Waals surface area contributed by atoms with Crippen LogP contribution in [0, 0.1) is 0 Å². The Morgan fingerprint density at radius 2 is 1.85 bits per heavy atom. The Morgan fingerprint density at radius 3 is 2.45 bits per heavy atom. The highest BCUT2D eigenvalue weighted by Crippen LogP contribution is 2.28. The molecule has 0 atom stereocenters. The molecule has 0 bridgehead atoms. The van der Waals surface area contributed by atoms with E-state index < -0.39 is 5.97 Å². The number of aromatic carboxylic acids is 1. The smallest absolute Gasteiger partial charge is 0.335 e. The van der Waals surface area contributed by atoms with Gasteiger partial charge in [0.2, 0.25) is 0 Å². The maximum Gasteiger partial charge on any atom is 0.335 e. The van der Waals surface area contributed by atoms with Crippen molar-refractivity contribution >= 4 is 11.7 Å². The van der Waals surface area contributed by atoms with E-state index in [1.54, 1.807) is 25.3 Å². The maximum atomic E-state index is 11.1. The first-order valence-electron chi connectivity index (χ1n) is 7.38. The van der Waals surface area contributed by atoms with Crippen molar-refractivity contribution in [1.82, 2.24) is 0 Å². The molecule has 4 nitrogen and oxygen atoms in total. The van der Waals surface area contributed by atoms with Crippen LogP contribution in [0.5, 0.6) is 5.75 Å². The molecular weight excluding hydrogens is 254 g/mol. The van der Waals surface area contributed by atoms with Crippen molar-refractivity contribution in [3.8, 4) is 5.75 Å². The summed E-state index contributed by atoms with van der Waals surface area (Å²) in [6, 6.07) is 5.37. The molecule has 0 spiro atoms. The molecule has 0 saturated heterocycles.